The Balaban J connectivity index is 2.23. The molecule has 2 N–H and O–H groups in total. The second kappa shape index (κ2) is 7.45. The molecule has 0 aliphatic carbocycles. The van der Waals surface area contributed by atoms with Crippen LogP contribution in [0.5, 0.6) is 0 Å². The molecule has 0 heterocycles. The molecule has 0 unspecified atom stereocenters. The number of amides is 2. The molecular weight excluding hydrogens is 367 g/mol. The van der Waals surface area contributed by atoms with Crippen LogP contribution in [0.2, 0.25) is 0 Å². The fraction of sp³-hybridized carbons (Fsp3) is 0.133. The molecule has 0 aliphatic rings. The van der Waals surface area contributed by atoms with Gasteiger partial charge in [0.05, 0.1) is 10.6 Å². The highest BCUT2D eigenvalue weighted by atomic mass is 32.2. The molecule has 2 amide bonds. The zero-order chi connectivity index (χ0) is 19.5. The summed E-state index contributed by atoms with van der Waals surface area (Å²) in [7, 11) is -1.43. The number of nitrogens with one attached hydrogen (secondary N) is 2. The van der Waals surface area contributed by atoms with Gasteiger partial charge in [0, 0.05) is 31.9 Å². The van der Waals surface area contributed by atoms with E-state index in [1.54, 1.807) is 0 Å². The maximum absolute atomic E-state index is 13.5. The predicted molar refractivity (Wildman–Crippen MR) is 93.0 cm³/mol. The minimum atomic E-state index is -3.99. The van der Waals surface area contributed by atoms with Crippen LogP contribution in [0.1, 0.15) is 0 Å². The quantitative estimate of drug-likeness (QED) is 0.608. The van der Waals surface area contributed by atoms with Gasteiger partial charge in [0.25, 0.3) is 5.69 Å². The third-order valence-corrected chi connectivity index (χ3v) is 5.14. The first-order valence-electron chi connectivity index (χ1n) is 7.16. The van der Waals surface area contributed by atoms with Crippen molar-refractivity contribution >= 4 is 33.1 Å². The first kappa shape index (κ1) is 19.3. The molecule has 0 spiro atoms. The standard InChI is InChI=1S/C15H15FN4O5S/c1-19(2)26(24,25)14-9-10(16)3-8-13(14)18-15(21)17-11-4-6-12(7-5-11)20(22)23/h3-9H,1-2H3,(H2,17,18,21). The van der Waals surface area contributed by atoms with Crippen molar-refractivity contribution in [3.8, 4) is 0 Å². The van der Waals surface area contributed by atoms with Crippen molar-refractivity contribution in [2.75, 3.05) is 24.7 Å². The lowest BCUT2D eigenvalue weighted by atomic mass is 10.3. The van der Waals surface area contributed by atoms with Crippen molar-refractivity contribution in [2.45, 2.75) is 4.90 Å². The molecule has 0 fully saturated rings. The Morgan fingerprint density at radius 1 is 1.12 bits per heavy atom. The van der Waals surface area contributed by atoms with E-state index in [0.29, 0.717) is 0 Å². The van der Waals surface area contributed by atoms with E-state index < -0.39 is 31.7 Å². The van der Waals surface area contributed by atoms with Crippen molar-refractivity contribution < 1.29 is 22.5 Å². The monoisotopic (exact) mass is 382 g/mol. The van der Waals surface area contributed by atoms with Crippen LogP contribution >= 0.6 is 0 Å². The van der Waals surface area contributed by atoms with E-state index in [9.17, 15) is 27.7 Å². The number of hydrogen-bond acceptors (Lipinski definition) is 5. The molecule has 0 radical (unpaired) electrons. The average Bonchev–Trinajstić information content (AvgIpc) is 2.56. The Kier molecular flexibility index (Phi) is 5.53. The summed E-state index contributed by atoms with van der Waals surface area (Å²) in [5.41, 5.74) is 0.000551. The number of rotatable bonds is 5. The number of nitro benzene ring substituents is 1. The largest absolute Gasteiger partial charge is 0.323 e. The molecular formula is C15H15FN4O5S. The van der Waals surface area contributed by atoms with E-state index in [-0.39, 0.29) is 17.1 Å². The zero-order valence-electron chi connectivity index (χ0n) is 13.8. The lowest BCUT2D eigenvalue weighted by Crippen LogP contribution is -2.26. The van der Waals surface area contributed by atoms with E-state index in [1.165, 1.54) is 38.4 Å². The molecule has 0 aromatic heterocycles. The molecule has 2 aromatic carbocycles. The van der Waals surface area contributed by atoms with E-state index >= 15 is 0 Å². The first-order chi connectivity index (χ1) is 12.1. The van der Waals surface area contributed by atoms with Gasteiger partial charge in [-0.15, -0.1) is 0 Å². The summed E-state index contributed by atoms with van der Waals surface area (Å²) in [5.74, 6) is -0.772. The third kappa shape index (κ3) is 4.32. The molecule has 11 heteroatoms. The normalized spacial score (nSPS) is 11.2. The van der Waals surface area contributed by atoms with Gasteiger partial charge in [0.1, 0.15) is 10.7 Å². The number of carbonyl (C=O) groups excluding carboxylic acids is 1. The fourth-order valence-corrected chi connectivity index (χ4v) is 3.01. The van der Waals surface area contributed by atoms with Crippen molar-refractivity contribution in [3.05, 3.63) is 58.4 Å². The van der Waals surface area contributed by atoms with Gasteiger partial charge < -0.3 is 10.6 Å². The highest BCUT2D eigenvalue weighted by Gasteiger charge is 2.23. The number of carbonyl (C=O) groups is 1. The number of nitrogens with zero attached hydrogens (tertiary/aromatic N) is 2. The number of non-ortho nitro benzene ring substituents is 1. The molecule has 0 saturated carbocycles. The van der Waals surface area contributed by atoms with Gasteiger partial charge in [-0.1, -0.05) is 0 Å². The van der Waals surface area contributed by atoms with Crippen molar-refractivity contribution in [3.63, 3.8) is 0 Å². The maximum atomic E-state index is 13.5. The summed E-state index contributed by atoms with van der Waals surface area (Å²) in [6.07, 6.45) is 0. The molecule has 2 aromatic rings. The number of benzene rings is 2. The van der Waals surface area contributed by atoms with Crippen LogP contribution in [0.3, 0.4) is 0 Å². The third-order valence-electron chi connectivity index (χ3n) is 3.29. The topological polar surface area (TPSA) is 122 Å². The van der Waals surface area contributed by atoms with Crippen LogP contribution in [0.25, 0.3) is 0 Å². The van der Waals surface area contributed by atoms with E-state index in [2.05, 4.69) is 10.6 Å². The molecule has 26 heavy (non-hydrogen) atoms. The number of halogens is 1. The number of sulfonamides is 1. The van der Waals surface area contributed by atoms with Crippen molar-refractivity contribution in [1.29, 1.82) is 0 Å². The van der Waals surface area contributed by atoms with Gasteiger partial charge in [0.2, 0.25) is 10.0 Å². The highest BCUT2D eigenvalue weighted by molar-refractivity contribution is 7.89. The number of anilines is 2. The number of hydrogen-bond donors (Lipinski definition) is 2. The average molecular weight is 382 g/mol. The van der Waals surface area contributed by atoms with Crippen molar-refractivity contribution in [2.24, 2.45) is 0 Å². The smallest absolute Gasteiger partial charge is 0.308 e. The summed E-state index contributed by atoms with van der Waals surface area (Å²) >= 11 is 0. The number of nitro groups is 1. The van der Waals surface area contributed by atoms with Crippen LogP contribution in [0.15, 0.2) is 47.4 Å². The lowest BCUT2D eigenvalue weighted by molar-refractivity contribution is -0.384. The van der Waals surface area contributed by atoms with Crippen LogP contribution in [-0.2, 0) is 10.0 Å². The Bertz CT molecular complexity index is 945. The zero-order valence-corrected chi connectivity index (χ0v) is 14.6. The Morgan fingerprint density at radius 3 is 2.27 bits per heavy atom. The number of urea groups is 1. The second-order valence-electron chi connectivity index (χ2n) is 5.31. The van der Waals surface area contributed by atoms with E-state index in [0.717, 1.165) is 22.5 Å². The van der Waals surface area contributed by atoms with Crippen LogP contribution in [0.4, 0.5) is 26.2 Å². The predicted octanol–water partition coefficient (Wildman–Crippen LogP) is 2.63. The summed E-state index contributed by atoms with van der Waals surface area (Å²) in [5, 5.41) is 15.3. The van der Waals surface area contributed by atoms with Crippen molar-refractivity contribution in [1.82, 2.24) is 4.31 Å². The lowest BCUT2D eigenvalue weighted by Gasteiger charge is -2.16. The molecule has 138 valence electrons. The fourth-order valence-electron chi connectivity index (χ4n) is 1.96. The molecule has 0 saturated heterocycles. The van der Waals surface area contributed by atoms with Gasteiger partial charge in [-0.3, -0.25) is 10.1 Å². The van der Waals surface area contributed by atoms with Crippen LogP contribution in [0, 0.1) is 15.9 Å². The summed E-state index contributed by atoms with van der Waals surface area (Å²) in [6.45, 7) is 0. The molecule has 0 aliphatic heterocycles. The van der Waals surface area contributed by atoms with Gasteiger partial charge in [0.15, 0.2) is 0 Å². The second-order valence-corrected chi connectivity index (χ2v) is 7.43. The molecule has 0 atom stereocenters. The van der Waals surface area contributed by atoms with Crippen LogP contribution in [-0.4, -0.2) is 37.8 Å². The van der Waals surface area contributed by atoms with E-state index in [1.807, 2.05) is 0 Å². The Labute approximate surface area is 148 Å². The van der Waals surface area contributed by atoms with Gasteiger partial charge in [-0.25, -0.2) is 21.9 Å². The molecule has 9 nitrogen and oxygen atoms in total. The minimum absolute atomic E-state index is 0.112. The Morgan fingerprint density at radius 2 is 1.73 bits per heavy atom. The summed E-state index contributed by atoms with van der Waals surface area (Å²) in [4.78, 5) is 21.7. The highest BCUT2D eigenvalue weighted by Crippen LogP contribution is 2.25. The van der Waals surface area contributed by atoms with E-state index in [4.69, 9.17) is 0 Å². The molecule has 0 bridgehead atoms. The molecule has 2 rings (SSSR count). The summed E-state index contributed by atoms with van der Waals surface area (Å²) < 4.78 is 38.9. The Hall–Kier alpha value is -3.05. The van der Waals surface area contributed by atoms with Gasteiger partial charge in [-0.05, 0) is 30.3 Å². The minimum Gasteiger partial charge on any atom is -0.308 e. The SMILES string of the molecule is CN(C)S(=O)(=O)c1cc(F)ccc1NC(=O)Nc1ccc([N+](=O)[O-])cc1. The van der Waals surface area contributed by atoms with Gasteiger partial charge in [-0.2, -0.15) is 0 Å². The van der Waals surface area contributed by atoms with Gasteiger partial charge >= 0.3 is 6.03 Å². The maximum Gasteiger partial charge on any atom is 0.323 e. The van der Waals surface area contributed by atoms with Crippen LogP contribution < -0.4 is 10.6 Å². The summed E-state index contributed by atoms with van der Waals surface area (Å²) in [6, 6.07) is 7.19. The first-order valence-corrected chi connectivity index (χ1v) is 8.60.